The van der Waals surface area contributed by atoms with E-state index in [9.17, 15) is 19.7 Å². The molecular formula is C30H32N2O5. The fourth-order valence-electron chi connectivity index (χ4n) is 6.26. The second-order valence-electron chi connectivity index (χ2n) is 10.8. The van der Waals surface area contributed by atoms with Crippen LogP contribution < -0.4 is 5.32 Å². The van der Waals surface area contributed by atoms with Crippen molar-refractivity contribution in [1.29, 1.82) is 0 Å². The Morgan fingerprint density at radius 2 is 1.76 bits per heavy atom. The molecule has 0 aromatic heterocycles. The van der Waals surface area contributed by atoms with E-state index in [2.05, 4.69) is 26.1 Å². The third kappa shape index (κ3) is 4.26. The Bertz CT molecular complexity index is 1360. The van der Waals surface area contributed by atoms with Gasteiger partial charge in [0.25, 0.3) is 5.69 Å². The molecule has 1 aliphatic heterocycles. The van der Waals surface area contributed by atoms with Gasteiger partial charge in [0.15, 0.2) is 5.78 Å². The van der Waals surface area contributed by atoms with Crippen LogP contribution in [0.25, 0.3) is 5.70 Å². The molecule has 4 atom stereocenters. The van der Waals surface area contributed by atoms with Crippen molar-refractivity contribution in [2.75, 3.05) is 0 Å². The number of nitrogens with zero attached hydrogens (tertiary/aromatic N) is 1. The van der Waals surface area contributed by atoms with Crippen molar-refractivity contribution in [3.8, 4) is 0 Å². The highest BCUT2D eigenvalue weighted by Gasteiger charge is 2.46. The van der Waals surface area contributed by atoms with Crippen LogP contribution in [0, 0.1) is 27.9 Å². The van der Waals surface area contributed by atoms with Crippen molar-refractivity contribution in [2.24, 2.45) is 17.8 Å². The summed E-state index contributed by atoms with van der Waals surface area (Å²) < 4.78 is 6.22. The summed E-state index contributed by atoms with van der Waals surface area (Å²) in [4.78, 5) is 39.2. The largest absolute Gasteiger partial charge is 0.459 e. The Balaban J connectivity index is 1.62. The summed E-state index contributed by atoms with van der Waals surface area (Å²) in [6, 6.07) is 13.6. The molecule has 192 valence electrons. The highest BCUT2D eigenvalue weighted by atomic mass is 16.6. The van der Waals surface area contributed by atoms with Gasteiger partial charge in [0.2, 0.25) is 0 Å². The number of nitrogens with one attached hydrogen (secondary N) is 1. The summed E-state index contributed by atoms with van der Waals surface area (Å²) in [6.45, 7) is 8.24. The zero-order chi connectivity index (χ0) is 26.4. The van der Waals surface area contributed by atoms with Crippen LogP contribution in [0.5, 0.6) is 0 Å². The molecule has 1 saturated carbocycles. The lowest BCUT2D eigenvalue weighted by Crippen LogP contribution is -2.38. The molecule has 3 aliphatic rings. The number of Topliss-reactive ketones (excluding diaryl/α,β-unsaturated/α-hetero) is 1. The average Bonchev–Trinajstić information content (AvgIpc) is 3.14. The van der Waals surface area contributed by atoms with E-state index in [-0.39, 0.29) is 29.1 Å². The normalized spacial score (nSPS) is 25.1. The van der Waals surface area contributed by atoms with E-state index in [1.807, 2.05) is 12.1 Å². The second kappa shape index (κ2) is 9.61. The van der Waals surface area contributed by atoms with Crippen LogP contribution in [0.2, 0.25) is 0 Å². The van der Waals surface area contributed by atoms with Crippen molar-refractivity contribution < 1.29 is 19.2 Å². The SMILES string of the molecule is CC1=C(C(=O)O[C@@H]2C[C@H](C)CC[C@@H]2C(C)C)[C@@H](c2ccccc2[N+](=O)[O-])C2=C(N1)c1ccccc1C2=O. The van der Waals surface area contributed by atoms with Crippen molar-refractivity contribution in [1.82, 2.24) is 5.32 Å². The average molecular weight is 501 g/mol. The van der Waals surface area contributed by atoms with Gasteiger partial charge >= 0.3 is 5.97 Å². The number of hydrogen-bond acceptors (Lipinski definition) is 6. The molecule has 0 saturated heterocycles. The number of nitro groups is 1. The number of dihydropyridines is 1. The zero-order valence-electron chi connectivity index (χ0n) is 21.6. The number of fused-ring (bicyclic) bond motifs is 2. The Kier molecular flexibility index (Phi) is 6.48. The van der Waals surface area contributed by atoms with Crippen molar-refractivity contribution in [3.05, 3.63) is 92.2 Å². The van der Waals surface area contributed by atoms with Gasteiger partial charge in [0, 0.05) is 34.0 Å². The molecule has 2 aromatic carbocycles. The van der Waals surface area contributed by atoms with Gasteiger partial charge in [-0.1, -0.05) is 69.7 Å². The van der Waals surface area contributed by atoms with E-state index < -0.39 is 16.8 Å². The Morgan fingerprint density at radius 3 is 2.46 bits per heavy atom. The van der Waals surface area contributed by atoms with Crippen LogP contribution in [-0.4, -0.2) is 22.8 Å². The number of esters is 1. The summed E-state index contributed by atoms with van der Waals surface area (Å²) in [6.07, 6.45) is 2.63. The van der Waals surface area contributed by atoms with E-state index >= 15 is 0 Å². The van der Waals surface area contributed by atoms with Crippen molar-refractivity contribution in [2.45, 2.75) is 59.0 Å². The van der Waals surface area contributed by atoms with Crippen LogP contribution in [0.1, 0.15) is 74.4 Å². The Hall–Kier alpha value is -3.74. The van der Waals surface area contributed by atoms with Gasteiger partial charge in [-0.3, -0.25) is 14.9 Å². The number of ketones is 1. The first-order chi connectivity index (χ1) is 17.7. The third-order valence-corrected chi connectivity index (χ3v) is 8.13. The fraction of sp³-hybridized carbons (Fsp3) is 0.400. The second-order valence-corrected chi connectivity index (χ2v) is 10.8. The molecule has 0 bridgehead atoms. The van der Waals surface area contributed by atoms with E-state index in [1.54, 1.807) is 37.3 Å². The van der Waals surface area contributed by atoms with Gasteiger partial charge in [-0.05, 0) is 37.5 Å². The predicted molar refractivity (Wildman–Crippen MR) is 141 cm³/mol. The third-order valence-electron chi connectivity index (χ3n) is 8.13. The minimum absolute atomic E-state index is 0.130. The van der Waals surface area contributed by atoms with Crippen LogP contribution in [-0.2, 0) is 9.53 Å². The minimum Gasteiger partial charge on any atom is -0.459 e. The lowest BCUT2D eigenvalue weighted by Gasteiger charge is -2.37. The van der Waals surface area contributed by atoms with Crippen LogP contribution in [0.3, 0.4) is 0 Å². The molecule has 1 fully saturated rings. The standard InChI is InChI=1S/C30H32N2O5/c1-16(2)19-14-13-17(3)15-24(19)37-30(34)25-18(4)31-28-20-9-5-6-10-21(20)29(33)27(28)26(25)22-11-7-8-12-23(22)32(35)36/h5-12,16-17,19,24,26,31H,13-15H2,1-4H3/t17-,19-,24-,26-/m1/s1. The summed E-state index contributed by atoms with van der Waals surface area (Å²) in [5, 5.41) is 15.3. The number of para-hydroxylation sites is 1. The Morgan fingerprint density at radius 1 is 1.08 bits per heavy atom. The summed E-state index contributed by atoms with van der Waals surface area (Å²) in [5.74, 6) is -0.619. The zero-order valence-corrected chi connectivity index (χ0v) is 21.6. The molecule has 2 aliphatic carbocycles. The monoisotopic (exact) mass is 500 g/mol. The highest BCUT2D eigenvalue weighted by molar-refractivity contribution is 6.23. The molecule has 0 unspecified atom stereocenters. The van der Waals surface area contributed by atoms with Gasteiger partial charge in [-0.2, -0.15) is 0 Å². The first kappa shape index (κ1) is 24.9. The molecule has 0 spiro atoms. The Labute approximate surface area is 216 Å². The predicted octanol–water partition coefficient (Wildman–Crippen LogP) is 6.17. The maximum absolute atomic E-state index is 14.0. The van der Waals surface area contributed by atoms with E-state index in [1.165, 1.54) is 6.07 Å². The molecule has 37 heavy (non-hydrogen) atoms. The summed E-state index contributed by atoms with van der Waals surface area (Å²) >= 11 is 0. The quantitative estimate of drug-likeness (QED) is 0.300. The fourth-order valence-corrected chi connectivity index (χ4v) is 6.26. The number of nitro benzene ring substituents is 1. The number of allylic oxidation sites excluding steroid dienone is 2. The molecule has 1 heterocycles. The molecule has 1 N–H and O–H groups in total. The molecule has 0 radical (unpaired) electrons. The minimum atomic E-state index is -0.913. The van der Waals surface area contributed by atoms with Gasteiger partial charge in [-0.15, -0.1) is 0 Å². The number of carbonyl (C=O) groups is 2. The van der Waals surface area contributed by atoms with E-state index in [4.69, 9.17) is 4.74 Å². The number of benzene rings is 2. The van der Waals surface area contributed by atoms with Crippen LogP contribution >= 0.6 is 0 Å². The van der Waals surface area contributed by atoms with Gasteiger partial charge in [-0.25, -0.2) is 4.79 Å². The molecule has 7 heteroatoms. The lowest BCUT2D eigenvalue weighted by molar-refractivity contribution is -0.385. The van der Waals surface area contributed by atoms with Crippen LogP contribution in [0.15, 0.2) is 65.4 Å². The number of ether oxygens (including phenoxy) is 1. The molecule has 0 amide bonds. The summed E-state index contributed by atoms with van der Waals surface area (Å²) in [5.41, 5.74) is 3.19. The number of hydrogen-bond donors (Lipinski definition) is 1. The molecule has 7 nitrogen and oxygen atoms in total. The van der Waals surface area contributed by atoms with Gasteiger partial charge in [0.1, 0.15) is 6.10 Å². The number of rotatable bonds is 5. The van der Waals surface area contributed by atoms with Crippen molar-refractivity contribution in [3.63, 3.8) is 0 Å². The van der Waals surface area contributed by atoms with Crippen molar-refractivity contribution >= 4 is 23.1 Å². The number of carbonyl (C=O) groups excluding carboxylic acids is 2. The first-order valence-corrected chi connectivity index (χ1v) is 13.0. The first-order valence-electron chi connectivity index (χ1n) is 13.0. The molecule has 2 aromatic rings. The lowest BCUT2D eigenvalue weighted by atomic mass is 9.75. The molecule has 5 rings (SSSR count). The molecular weight excluding hydrogens is 468 g/mol. The van der Waals surface area contributed by atoms with E-state index in [0.717, 1.165) is 24.8 Å². The topological polar surface area (TPSA) is 98.5 Å². The van der Waals surface area contributed by atoms with E-state index in [0.29, 0.717) is 39.9 Å². The van der Waals surface area contributed by atoms with Gasteiger partial charge < -0.3 is 10.1 Å². The maximum Gasteiger partial charge on any atom is 0.337 e. The van der Waals surface area contributed by atoms with Gasteiger partial charge in [0.05, 0.1) is 22.1 Å². The smallest absolute Gasteiger partial charge is 0.337 e. The maximum atomic E-state index is 14.0. The summed E-state index contributed by atoms with van der Waals surface area (Å²) in [7, 11) is 0. The highest BCUT2D eigenvalue weighted by Crippen LogP contribution is 2.49. The van der Waals surface area contributed by atoms with Crippen LogP contribution in [0.4, 0.5) is 5.69 Å².